The lowest BCUT2D eigenvalue weighted by atomic mass is 9.73. The molecule has 0 spiro atoms. The van der Waals surface area contributed by atoms with Crippen molar-refractivity contribution in [3.8, 4) is 5.75 Å². The van der Waals surface area contributed by atoms with Crippen molar-refractivity contribution in [2.75, 3.05) is 18.0 Å². The van der Waals surface area contributed by atoms with Crippen LogP contribution in [-0.2, 0) is 23.1 Å². The summed E-state index contributed by atoms with van der Waals surface area (Å²) in [5, 5.41) is 0. The lowest BCUT2D eigenvalue weighted by Crippen LogP contribution is -2.41. The maximum atomic E-state index is 12.1. The molecule has 3 nitrogen and oxygen atoms in total. The number of nitrogens with zero attached hydrogens (tertiary/aromatic N) is 1. The third-order valence-electron chi connectivity index (χ3n) is 5.56. The lowest BCUT2D eigenvalue weighted by molar-refractivity contribution is -0.138. The van der Waals surface area contributed by atoms with Gasteiger partial charge in [-0.1, -0.05) is 19.9 Å². The first-order valence-electron chi connectivity index (χ1n) is 8.29. The van der Waals surface area contributed by atoms with Crippen LogP contribution in [0.2, 0.25) is 0 Å². The number of esters is 1. The molecule has 0 fully saturated rings. The Balaban J connectivity index is 1.94. The van der Waals surface area contributed by atoms with Gasteiger partial charge in [-0.2, -0.15) is 0 Å². The van der Waals surface area contributed by atoms with E-state index in [4.69, 9.17) is 4.74 Å². The van der Waals surface area contributed by atoms with Gasteiger partial charge >= 0.3 is 5.97 Å². The first kappa shape index (κ1) is 13.9. The van der Waals surface area contributed by atoms with Gasteiger partial charge in [0.2, 0.25) is 0 Å². The molecule has 4 rings (SSSR count). The van der Waals surface area contributed by atoms with Crippen LogP contribution in [0.5, 0.6) is 5.75 Å². The SMILES string of the molecule is C=CC1Cc2cc3c4c(c2OC1=O)CCCN4CCC3(C)C. The van der Waals surface area contributed by atoms with Gasteiger partial charge in [0.25, 0.3) is 0 Å². The predicted molar refractivity (Wildman–Crippen MR) is 87.6 cm³/mol. The van der Waals surface area contributed by atoms with Gasteiger partial charge in [0, 0.05) is 24.3 Å². The van der Waals surface area contributed by atoms with Crippen molar-refractivity contribution < 1.29 is 9.53 Å². The highest BCUT2D eigenvalue weighted by Gasteiger charge is 2.39. The van der Waals surface area contributed by atoms with E-state index in [9.17, 15) is 4.79 Å². The highest BCUT2D eigenvalue weighted by atomic mass is 16.5. The summed E-state index contributed by atoms with van der Waals surface area (Å²) in [6, 6.07) is 2.30. The number of rotatable bonds is 1. The molecule has 0 saturated carbocycles. The van der Waals surface area contributed by atoms with Gasteiger partial charge in [0.05, 0.1) is 5.92 Å². The molecule has 1 atom stereocenters. The van der Waals surface area contributed by atoms with Gasteiger partial charge in [-0.05, 0) is 48.3 Å². The number of carbonyl (C=O) groups excluding carboxylic acids is 1. The fourth-order valence-electron chi connectivity index (χ4n) is 4.17. The molecule has 116 valence electrons. The second-order valence-electron chi connectivity index (χ2n) is 7.43. The van der Waals surface area contributed by atoms with Gasteiger partial charge in [-0.25, -0.2) is 0 Å². The number of fused-ring (bicyclic) bond motifs is 2. The van der Waals surface area contributed by atoms with Crippen LogP contribution in [0.15, 0.2) is 18.7 Å². The van der Waals surface area contributed by atoms with Crippen LogP contribution in [0, 0.1) is 5.92 Å². The van der Waals surface area contributed by atoms with Crippen LogP contribution in [0.3, 0.4) is 0 Å². The molecular formula is C19H23NO2. The molecule has 3 aliphatic heterocycles. The fraction of sp³-hybridized carbons (Fsp3) is 0.526. The molecule has 3 heteroatoms. The van der Waals surface area contributed by atoms with E-state index >= 15 is 0 Å². The summed E-state index contributed by atoms with van der Waals surface area (Å²) in [7, 11) is 0. The summed E-state index contributed by atoms with van der Waals surface area (Å²) < 4.78 is 5.74. The van der Waals surface area contributed by atoms with Gasteiger partial charge in [-0.3, -0.25) is 4.79 Å². The summed E-state index contributed by atoms with van der Waals surface area (Å²) in [4.78, 5) is 14.6. The zero-order valence-electron chi connectivity index (χ0n) is 13.4. The number of hydrogen-bond acceptors (Lipinski definition) is 3. The van der Waals surface area contributed by atoms with Gasteiger partial charge in [-0.15, -0.1) is 6.58 Å². The Morgan fingerprint density at radius 3 is 3.00 bits per heavy atom. The largest absolute Gasteiger partial charge is 0.425 e. The van der Waals surface area contributed by atoms with Crippen LogP contribution in [0.1, 0.15) is 43.4 Å². The third-order valence-corrected chi connectivity index (χ3v) is 5.56. The molecule has 0 radical (unpaired) electrons. The van der Waals surface area contributed by atoms with E-state index in [0.717, 1.165) is 38.1 Å². The normalized spacial score (nSPS) is 25.1. The van der Waals surface area contributed by atoms with Crippen molar-refractivity contribution in [3.05, 3.63) is 35.4 Å². The van der Waals surface area contributed by atoms with Crippen molar-refractivity contribution in [2.24, 2.45) is 5.92 Å². The zero-order chi connectivity index (χ0) is 15.5. The summed E-state index contributed by atoms with van der Waals surface area (Å²) in [6.45, 7) is 10.7. The van der Waals surface area contributed by atoms with E-state index in [0.29, 0.717) is 0 Å². The molecular weight excluding hydrogens is 274 g/mol. The standard InChI is InChI=1S/C19H23NO2/c1-4-12-10-13-11-15-16-14(17(13)22-18(12)21)6-5-8-20(16)9-7-19(15,2)3/h4,11-12H,1,5-10H2,2-3H3. The Morgan fingerprint density at radius 2 is 2.23 bits per heavy atom. The van der Waals surface area contributed by atoms with E-state index in [1.165, 1.54) is 28.8 Å². The van der Waals surface area contributed by atoms with Crippen molar-refractivity contribution in [1.82, 2.24) is 0 Å². The van der Waals surface area contributed by atoms with Crippen LogP contribution in [0.25, 0.3) is 0 Å². The molecule has 0 bridgehead atoms. The van der Waals surface area contributed by atoms with E-state index < -0.39 is 0 Å². The predicted octanol–water partition coefficient (Wildman–Crippen LogP) is 3.38. The minimum absolute atomic E-state index is 0.147. The van der Waals surface area contributed by atoms with E-state index in [-0.39, 0.29) is 17.3 Å². The van der Waals surface area contributed by atoms with E-state index in [2.05, 4.69) is 31.4 Å². The van der Waals surface area contributed by atoms with Crippen molar-refractivity contribution in [3.63, 3.8) is 0 Å². The minimum Gasteiger partial charge on any atom is -0.425 e. The summed E-state index contributed by atoms with van der Waals surface area (Å²) in [6.07, 6.45) is 5.79. The average Bonchev–Trinajstić information content (AvgIpc) is 2.50. The molecule has 0 aromatic heterocycles. The number of benzene rings is 1. The molecule has 1 unspecified atom stereocenters. The first-order valence-corrected chi connectivity index (χ1v) is 8.29. The van der Waals surface area contributed by atoms with Crippen molar-refractivity contribution in [1.29, 1.82) is 0 Å². The monoisotopic (exact) mass is 297 g/mol. The van der Waals surface area contributed by atoms with Gasteiger partial charge < -0.3 is 9.64 Å². The first-order chi connectivity index (χ1) is 10.5. The maximum absolute atomic E-state index is 12.1. The lowest BCUT2D eigenvalue weighted by Gasteiger charge is -2.45. The molecule has 0 amide bonds. The van der Waals surface area contributed by atoms with Gasteiger partial charge in [0.1, 0.15) is 5.75 Å². The molecule has 0 aliphatic carbocycles. The third kappa shape index (κ3) is 1.84. The Morgan fingerprint density at radius 1 is 1.41 bits per heavy atom. The van der Waals surface area contributed by atoms with Crippen molar-refractivity contribution in [2.45, 2.75) is 44.9 Å². The number of hydrogen-bond donors (Lipinski definition) is 0. The maximum Gasteiger partial charge on any atom is 0.318 e. The Hall–Kier alpha value is -1.77. The van der Waals surface area contributed by atoms with Crippen molar-refractivity contribution >= 4 is 11.7 Å². The van der Waals surface area contributed by atoms with Gasteiger partial charge in [0.15, 0.2) is 0 Å². The second kappa shape index (κ2) is 4.61. The van der Waals surface area contributed by atoms with Crippen LogP contribution >= 0.6 is 0 Å². The zero-order valence-corrected chi connectivity index (χ0v) is 13.4. The van der Waals surface area contributed by atoms with Crippen LogP contribution in [0.4, 0.5) is 5.69 Å². The number of ether oxygens (including phenoxy) is 1. The van der Waals surface area contributed by atoms with E-state index in [1.54, 1.807) is 6.08 Å². The smallest absolute Gasteiger partial charge is 0.318 e. The molecule has 1 aromatic carbocycles. The molecule has 0 saturated heterocycles. The highest BCUT2D eigenvalue weighted by molar-refractivity contribution is 5.83. The molecule has 3 aliphatic rings. The number of carbonyl (C=O) groups is 1. The van der Waals surface area contributed by atoms with E-state index in [1.807, 2.05) is 0 Å². The topological polar surface area (TPSA) is 29.5 Å². The Labute approximate surface area is 132 Å². The molecule has 3 heterocycles. The molecule has 0 N–H and O–H groups in total. The highest BCUT2D eigenvalue weighted by Crippen LogP contribution is 2.49. The van der Waals surface area contributed by atoms with Crippen LogP contribution < -0.4 is 9.64 Å². The second-order valence-corrected chi connectivity index (χ2v) is 7.43. The Bertz CT molecular complexity index is 675. The molecule has 22 heavy (non-hydrogen) atoms. The Kier molecular flexibility index (Phi) is 2.91. The van der Waals surface area contributed by atoms with Crippen LogP contribution in [-0.4, -0.2) is 19.1 Å². The summed E-state index contributed by atoms with van der Waals surface area (Å²) in [5.74, 6) is 0.499. The minimum atomic E-state index is -0.204. The quantitative estimate of drug-likeness (QED) is 0.452. The summed E-state index contributed by atoms with van der Waals surface area (Å²) in [5.41, 5.74) is 5.44. The number of anilines is 1. The average molecular weight is 297 g/mol. The molecule has 1 aromatic rings. The fourth-order valence-corrected chi connectivity index (χ4v) is 4.17. The summed E-state index contributed by atoms with van der Waals surface area (Å²) >= 11 is 0.